The van der Waals surface area contributed by atoms with E-state index in [1.807, 2.05) is 24.9 Å². The first kappa shape index (κ1) is 15.8. The van der Waals surface area contributed by atoms with Crippen molar-refractivity contribution in [3.8, 4) is 5.75 Å². The summed E-state index contributed by atoms with van der Waals surface area (Å²) < 4.78 is 5.27. The number of amides is 1. The topological polar surface area (TPSA) is 32.8 Å². The molecule has 0 radical (unpaired) electrons. The van der Waals surface area contributed by atoms with Crippen molar-refractivity contribution >= 4 is 5.91 Å². The van der Waals surface area contributed by atoms with E-state index in [0.29, 0.717) is 12.6 Å². The highest BCUT2D eigenvalue weighted by molar-refractivity contribution is 5.78. The molecule has 0 aromatic heterocycles. The molecular formula is C17H26N2O2. The van der Waals surface area contributed by atoms with Crippen molar-refractivity contribution in [2.45, 2.75) is 39.3 Å². The van der Waals surface area contributed by atoms with Gasteiger partial charge in [0.25, 0.3) is 0 Å². The van der Waals surface area contributed by atoms with Gasteiger partial charge in [-0.05, 0) is 50.9 Å². The van der Waals surface area contributed by atoms with Crippen LogP contribution in [0.4, 0.5) is 0 Å². The van der Waals surface area contributed by atoms with Gasteiger partial charge in [0, 0.05) is 19.1 Å². The molecule has 1 fully saturated rings. The second-order valence-electron chi connectivity index (χ2n) is 5.89. The number of carbonyl (C=O) groups is 1. The van der Waals surface area contributed by atoms with E-state index in [9.17, 15) is 4.79 Å². The van der Waals surface area contributed by atoms with E-state index in [2.05, 4.69) is 24.0 Å². The largest absolute Gasteiger partial charge is 0.496 e. The maximum absolute atomic E-state index is 12.3. The molecule has 2 rings (SSSR count). The van der Waals surface area contributed by atoms with Crippen LogP contribution in [0.2, 0.25) is 0 Å². The summed E-state index contributed by atoms with van der Waals surface area (Å²) in [4.78, 5) is 16.4. The summed E-state index contributed by atoms with van der Waals surface area (Å²) in [6, 6.07) is 6.67. The van der Waals surface area contributed by atoms with Crippen LogP contribution in [-0.2, 0) is 11.3 Å². The zero-order valence-corrected chi connectivity index (χ0v) is 13.6. The first-order valence-electron chi connectivity index (χ1n) is 7.66. The van der Waals surface area contributed by atoms with Crippen molar-refractivity contribution in [2.24, 2.45) is 0 Å². The van der Waals surface area contributed by atoms with Crippen LogP contribution in [0, 0.1) is 6.92 Å². The summed E-state index contributed by atoms with van der Waals surface area (Å²) in [5.41, 5.74) is 2.33. The van der Waals surface area contributed by atoms with Crippen LogP contribution in [0.15, 0.2) is 18.2 Å². The molecule has 0 aliphatic heterocycles. The molecule has 1 aliphatic carbocycles. The predicted octanol–water partition coefficient (Wildman–Crippen LogP) is 2.45. The number of hydrogen-bond donors (Lipinski definition) is 0. The normalized spacial score (nSPS) is 14.3. The Labute approximate surface area is 127 Å². The third kappa shape index (κ3) is 4.21. The molecule has 0 atom stereocenters. The van der Waals surface area contributed by atoms with Crippen molar-refractivity contribution < 1.29 is 9.53 Å². The highest BCUT2D eigenvalue weighted by Crippen LogP contribution is 2.26. The van der Waals surface area contributed by atoms with E-state index >= 15 is 0 Å². The Morgan fingerprint density at radius 3 is 2.62 bits per heavy atom. The number of carbonyl (C=O) groups excluding carboxylic acids is 1. The van der Waals surface area contributed by atoms with Gasteiger partial charge in [0.1, 0.15) is 5.75 Å². The monoisotopic (exact) mass is 290 g/mol. The Morgan fingerprint density at radius 2 is 2.10 bits per heavy atom. The van der Waals surface area contributed by atoms with Gasteiger partial charge in [-0.25, -0.2) is 0 Å². The second kappa shape index (κ2) is 6.94. The minimum atomic E-state index is 0.243. The maximum Gasteiger partial charge on any atom is 0.236 e. The van der Waals surface area contributed by atoms with Gasteiger partial charge in [0.05, 0.1) is 13.7 Å². The van der Waals surface area contributed by atoms with Crippen molar-refractivity contribution in [1.29, 1.82) is 0 Å². The Morgan fingerprint density at radius 1 is 1.38 bits per heavy atom. The third-order valence-electron chi connectivity index (χ3n) is 3.97. The summed E-state index contributed by atoms with van der Waals surface area (Å²) in [5, 5.41) is 0. The molecule has 0 unspecified atom stereocenters. The molecule has 1 amide bonds. The molecule has 21 heavy (non-hydrogen) atoms. The zero-order chi connectivity index (χ0) is 15.4. The van der Waals surface area contributed by atoms with E-state index < -0.39 is 0 Å². The van der Waals surface area contributed by atoms with Gasteiger partial charge in [0.2, 0.25) is 5.91 Å². The summed E-state index contributed by atoms with van der Waals surface area (Å²) in [7, 11) is 3.68. The number of aryl methyl sites for hydroxylation is 1. The summed E-state index contributed by atoms with van der Waals surface area (Å²) in [5.74, 6) is 1.15. The van der Waals surface area contributed by atoms with Crippen molar-refractivity contribution in [1.82, 2.24) is 9.80 Å². The fourth-order valence-electron chi connectivity index (χ4n) is 2.75. The number of rotatable bonds is 7. The van der Waals surface area contributed by atoms with Gasteiger partial charge in [-0.2, -0.15) is 0 Å². The summed E-state index contributed by atoms with van der Waals surface area (Å²) >= 11 is 0. The average molecular weight is 290 g/mol. The van der Waals surface area contributed by atoms with Crippen LogP contribution in [0.3, 0.4) is 0 Å². The standard InChI is InChI=1S/C17H26N2O2/c1-5-19(15-7-8-15)17(20)12-18(3)11-14-6-9-16(21-4)13(2)10-14/h6,9-10,15H,5,7-8,11-12H2,1-4H3. The van der Waals surface area contributed by atoms with Crippen LogP contribution in [0.25, 0.3) is 0 Å². The molecule has 4 nitrogen and oxygen atoms in total. The lowest BCUT2D eigenvalue weighted by Gasteiger charge is -2.24. The molecule has 0 spiro atoms. The van der Waals surface area contributed by atoms with Crippen molar-refractivity contribution in [3.05, 3.63) is 29.3 Å². The minimum absolute atomic E-state index is 0.243. The molecule has 116 valence electrons. The zero-order valence-electron chi connectivity index (χ0n) is 13.6. The van der Waals surface area contributed by atoms with E-state index in [1.165, 1.54) is 18.4 Å². The maximum atomic E-state index is 12.3. The van der Waals surface area contributed by atoms with Gasteiger partial charge in [-0.1, -0.05) is 12.1 Å². The van der Waals surface area contributed by atoms with E-state index in [4.69, 9.17) is 4.74 Å². The molecule has 1 aromatic carbocycles. The third-order valence-corrected chi connectivity index (χ3v) is 3.97. The van der Waals surface area contributed by atoms with Gasteiger partial charge in [-0.3, -0.25) is 9.69 Å². The highest BCUT2D eigenvalue weighted by atomic mass is 16.5. The number of nitrogens with zero attached hydrogens (tertiary/aromatic N) is 2. The molecule has 0 bridgehead atoms. The SMILES string of the molecule is CCN(C(=O)CN(C)Cc1ccc(OC)c(C)c1)C1CC1. The fraction of sp³-hybridized carbons (Fsp3) is 0.588. The van der Waals surface area contributed by atoms with Gasteiger partial charge < -0.3 is 9.64 Å². The van der Waals surface area contributed by atoms with E-state index in [0.717, 1.165) is 24.4 Å². The van der Waals surface area contributed by atoms with Crippen LogP contribution in [0.5, 0.6) is 5.75 Å². The molecule has 0 heterocycles. The number of likely N-dealkylation sites (N-methyl/N-ethyl adjacent to an activating group) is 2. The Hall–Kier alpha value is -1.55. The quantitative estimate of drug-likeness (QED) is 0.773. The van der Waals surface area contributed by atoms with Crippen LogP contribution in [-0.4, -0.2) is 49.0 Å². The fourth-order valence-corrected chi connectivity index (χ4v) is 2.75. The number of benzene rings is 1. The Kier molecular flexibility index (Phi) is 5.23. The molecule has 0 saturated heterocycles. The smallest absolute Gasteiger partial charge is 0.236 e. The molecule has 1 saturated carbocycles. The minimum Gasteiger partial charge on any atom is -0.496 e. The van der Waals surface area contributed by atoms with E-state index in [-0.39, 0.29) is 5.91 Å². The highest BCUT2D eigenvalue weighted by Gasteiger charge is 2.31. The number of hydrogen-bond acceptors (Lipinski definition) is 3. The molecular weight excluding hydrogens is 264 g/mol. The molecule has 1 aliphatic rings. The second-order valence-corrected chi connectivity index (χ2v) is 5.89. The Bertz CT molecular complexity index is 498. The molecule has 1 aromatic rings. The van der Waals surface area contributed by atoms with Crippen LogP contribution >= 0.6 is 0 Å². The van der Waals surface area contributed by atoms with E-state index in [1.54, 1.807) is 7.11 Å². The lowest BCUT2D eigenvalue weighted by atomic mass is 10.1. The van der Waals surface area contributed by atoms with Crippen molar-refractivity contribution in [2.75, 3.05) is 27.2 Å². The number of ether oxygens (including phenoxy) is 1. The summed E-state index contributed by atoms with van der Waals surface area (Å²) in [6.45, 7) is 6.18. The predicted molar refractivity (Wildman–Crippen MR) is 84.5 cm³/mol. The Balaban J connectivity index is 1.90. The number of methoxy groups -OCH3 is 1. The first-order chi connectivity index (χ1) is 10.0. The lowest BCUT2D eigenvalue weighted by molar-refractivity contribution is -0.132. The summed E-state index contributed by atoms with van der Waals surface area (Å²) in [6.07, 6.45) is 2.34. The van der Waals surface area contributed by atoms with Crippen LogP contribution in [0.1, 0.15) is 30.9 Å². The first-order valence-corrected chi connectivity index (χ1v) is 7.66. The van der Waals surface area contributed by atoms with Gasteiger partial charge >= 0.3 is 0 Å². The van der Waals surface area contributed by atoms with Gasteiger partial charge in [0.15, 0.2) is 0 Å². The van der Waals surface area contributed by atoms with Crippen molar-refractivity contribution in [3.63, 3.8) is 0 Å². The van der Waals surface area contributed by atoms with Crippen LogP contribution < -0.4 is 4.74 Å². The molecule has 4 heteroatoms. The lowest BCUT2D eigenvalue weighted by Crippen LogP contribution is -2.40. The average Bonchev–Trinajstić information content (AvgIpc) is 3.24. The van der Waals surface area contributed by atoms with Gasteiger partial charge in [-0.15, -0.1) is 0 Å². The molecule has 0 N–H and O–H groups in total.